The fourth-order valence-corrected chi connectivity index (χ4v) is 1.54. The third-order valence-electron chi connectivity index (χ3n) is 2.51. The van der Waals surface area contributed by atoms with Crippen LogP contribution in [0.15, 0.2) is 24.5 Å². The largest absolute Gasteiger partial charge is 0.394 e. The predicted octanol–water partition coefficient (Wildman–Crippen LogP) is 0.470. The fraction of sp³-hybridized carbons (Fsp3) is 0.417. The van der Waals surface area contributed by atoms with Gasteiger partial charge in [0.1, 0.15) is 11.3 Å². The molecule has 96 valence electrons. The first-order valence-electron chi connectivity index (χ1n) is 5.79. The van der Waals surface area contributed by atoms with Gasteiger partial charge in [0.25, 0.3) is 0 Å². The van der Waals surface area contributed by atoms with Gasteiger partial charge in [0, 0.05) is 26.0 Å². The fourth-order valence-electron chi connectivity index (χ4n) is 1.54. The number of fused-ring (bicyclic) bond motifs is 1. The number of rotatable bonds is 6. The number of anilines is 1. The van der Waals surface area contributed by atoms with E-state index >= 15 is 0 Å². The van der Waals surface area contributed by atoms with E-state index in [0.717, 1.165) is 11.3 Å². The Hall–Kier alpha value is -1.79. The van der Waals surface area contributed by atoms with Crippen molar-refractivity contribution in [2.75, 3.05) is 38.3 Å². The summed E-state index contributed by atoms with van der Waals surface area (Å²) in [5.74, 6) is 0.829. The Kier molecular flexibility index (Phi) is 4.38. The molecule has 2 rings (SSSR count). The molecule has 2 heterocycles. The monoisotopic (exact) mass is 248 g/mol. The molecule has 0 saturated carbocycles. The highest BCUT2D eigenvalue weighted by molar-refractivity contribution is 5.71. The number of pyridine rings is 1. The first-order valence-corrected chi connectivity index (χ1v) is 5.79. The Morgan fingerprint density at radius 3 is 2.89 bits per heavy atom. The van der Waals surface area contributed by atoms with Crippen molar-refractivity contribution in [1.29, 1.82) is 0 Å². The van der Waals surface area contributed by atoms with Crippen LogP contribution in [0.25, 0.3) is 11.2 Å². The molecule has 0 aromatic carbocycles. The quantitative estimate of drug-likeness (QED) is 0.749. The second-order valence-electron chi connectivity index (χ2n) is 3.83. The molecule has 1 N–H and O–H groups in total. The lowest BCUT2D eigenvalue weighted by atomic mass is 10.4. The molecule has 0 radical (unpaired) electrons. The van der Waals surface area contributed by atoms with E-state index in [2.05, 4.69) is 15.0 Å². The van der Waals surface area contributed by atoms with E-state index in [1.165, 1.54) is 0 Å². The smallest absolute Gasteiger partial charge is 0.180 e. The molecule has 18 heavy (non-hydrogen) atoms. The van der Waals surface area contributed by atoms with Crippen molar-refractivity contribution in [2.24, 2.45) is 0 Å². The Morgan fingerprint density at radius 1 is 1.22 bits per heavy atom. The molecule has 0 unspecified atom stereocenters. The highest BCUT2D eigenvalue weighted by Gasteiger charge is 2.04. The van der Waals surface area contributed by atoms with Crippen LogP contribution in [0, 0.1) is 0 Å². The van der Waals surface area contributed by atoms with Gasteiger partial charge in [0.05, 0.1) is 19.8 Å². The van der Waals surface area contributed by atoms with Gasteiger partial charge in [0.15, 0.2) is 5.65 Å². The molecule has 0 aliphatic carbocycles. The maximum absolute atomic E-state index is 8.60. The molecule has 0 spiro atoms. The number of hydrogen-bond donors (Lipinski definition) is 1. The lowest BCUT2D eigenvalue weighted by Gasteiger charge is -2.17. The molecule has 0 atom stereocenters. The van der Waals surface area contributed by atoms with Crippen LogP contribution in [0.1, 0.15) is 0 Å². The first kappa shape index (κ1) is 12.7. The number of aliphatic hydroxyl groups is 1. The van der Waals surface area contributed by atoms with Gasteiger partial charge in [-0.25, -0.2) is 9.97 Å². The SMILES string of the molecule is CN(CCOCCO)c1ccc2nccnc2n1. The first-order chi connectivity index (χ1) is 8.81. The van der Waals surface area contributed by atoms with E-state index in [1.54, 1.807) is 12.4 Å². The summed E-state index contributed by atoms with van der Waals surface area (Å²) in [7, 11) is 1.94. The van der Waals surface area contributed by atoms with Gasteiger partial charge in [-0.05, 0) is 12.1 Å². The lowest BCUT2D eigenvalue weighted by molar-refractivity contribution is 0.0970. The third kappa shape index (κ3) is 3.12. The average Bonchev–Trinajstić information content (AvgIpc) is 2.43. The van der Waals surface area contributed by atoms with Crippen molar-refractivity contribution in [3.8, 4) is 0 Å². The van der Waals surface area contributed by atoms with Gasteiger partial charge in [0.2, 0.25) is 0 Å². The van der Waals surface area contributed by atoms with Gasteiger partial charge in [-0.2, -0.15) is 0 Å². The van der Waals surface area contributed by atoms with Crippen LogP contribution in [-0.4, -0.2) is 53.5 Å². The number of aromatic nitrogens is 3. The predicted molar refractivity (Wildman–Crippen MR) is 68.5 cm³/mol. The van der Waals surface area contributed by atoms with Crippen LogP contribution < -0.4 is 4.90 Å². The second-order valence-corrected chi connectivity index (χ2v) is 3.83. The summed E-state index contributed by atoms with van der Waals surface area (Å²) in [5.41, 5.74) is 1.42. The van der Waals surface area contributed by atoms with Gasteiger partial charge >= 0.3 is 0 Å². The molecule has 0 saturated heterocycles. The Morgan fingerprint density at radius 2 is 2.06 bits per heavy atom. The van der Waals surface area contributed by atoms with Crippen LogP contribution in [-0.2, 0) is 4.74 Å². The zero-order chi connectivity index (χ0) is 12.8. The molecular formula is C12H16N4O2. The van der Waals surface area contributed by atoms with Crippen LogP contribution in [0.3, 0.4) is 0 Å². The number of hydrogen-bond acceptors (Lipinski definition) is 6. The van der Waals surface area contributed by atoms with Gasteiger partial charge < -0.3 is 14.7 Å². The Labute approximate surface area is 105 Å². The summed E-state index contributed by atoms with van der Waals surface area (Å²) < 4.78 is 5.22. The van der Waals surface area contributed by atoms with Crippen LogP contribution in [0.2, 0.25) is 0 Å². The van der Waals surface area contributed by atoms with E-state index in [9.17, 15) is 0 Å². The van der Waals surface area contributed by atoms with Crippen LogP contribution in [0.5, 0.6) is 0 Å². The van der Waals surface area contributed by atoms with Crippen molar-refractivity contribution < 1.29 is 9.84 Å². The summed E-state index contributed by atoms with van der Waals surface area (Å²) in [6.07, 6.45) is 3.28. The zero-order valence-electron chi connectivity index (χ0n) is 10.3. The number of ether oxygens (including phenoxy) is 1. The highest BCUT2D eigenvalue weighted by atomic mass is 16.5. The molecular weight excluding hydrogens is 232 g/mol. The van der Waals surface area contributed by atoms with Crippen molar-refractivity contribution in [2.45, 2.75) is 0 Å². The molecule has 0 aliphatic rings. The van der Waals surface area contributed by atoms with E-state index < -0.39 is 0 Å². The van der Waals surface area contributed by atoms with Gasteiger partial charge in [-0.15, -0.1) is 0 Å². The molecule has 2 aromatic heterocycles. The summed E-state index contributed by atoms with van der Waals surface area (Å²) in [6, 6.07) is 3.80. The zero-order valence-corrected chi connectivity index (χ0v) is 10.3. The number of nitrogens with zero attached hydrogens (tertiary/aromatic N) is 4. The molecule has 0 fully saturated rings. The second kappa shape index (κ2) is 6.23. The minimum Gasteiger partial charge on any atom is -0.394 e. The topological polar surface area (TPSA) is 71.4 Å². The third-order valence-corrected chi connectivity index (χ3v) is 2.51. The Balaban J connectivity index is 2.01. The maximum Gasteiger partial charge on any atom is 0.180 e. The molecule has 0 amide bonds. The normalized spacial score (nSPS) is 10.8. The minimum absolute atomic E-state index is 0.0491. The van der Waals surface area contributed by atoms with E-state index in [-0.39, 0.29) is 6.61 Å². The van der Waals surface area contributed by atoms with Gasteiger partial charge in [-0.1, -0.05) is 0 Å². The molecule has 6 nitrogen and oxygen atoms in total. The summed E-state index contributed by atoms with van der Waals surface area (Å²) in [4.78, 5) is 14.7. The van der Waals surface area contributed by atoms with E-state index in [1.807, 2.05) is 24.1 Å². The standard InChI is InChI=1S/C12H16N4O2/c1-16(6-8-18-9-7-17)11-3-2-10-12(15-11)14-5-4-13-10/h2-5,17H,6-9H2,1H3. The minimum atomic E-state index is 0.0491. The molecule has 6 heteroatoms. The van der Waals surface area contributed by atoms with Crippen molar-refractivity contribution >= 4 is 17.0 Å². The lowest BCUT2D eigenvalue weighted by Crippen LogP contribution is -2.24. The molecule has 0 bridgehead atoms. The van der Waals surface area contributed by atoms with Crippen molar-refractivity contribution in [3.63, 3.8) is 0 Å². The van der Waals surface area contributed by atoms with Crippen molar-refractivity contribution in [1.82, 2.24) is 15.0 Å². The van der Waals surface area contributed by atoms with E-state index in [4.69, 9.17) is 9.84 Å². The summed E-state index contributed by atoms with van der Waals surface area (Å²) >= 11 is 0. The number of aliphatic hydroxyl groups excluding tert-OH is 1. The maximum atomic E-state index is 8.60. The summed E-state index contributed by atoms with van der Waals surface area (Å²) in [5, 5.41) is 8.60. The van der Waals surface area contributed by atoms with Gasteiger partial charge in [-0.3, -0.25) is 4.98 Å². The molecule has 2 aromatic rings. The van der Waals surface area contributed by atoms with Crippen molar-refractivity contribution in [3.05, 3.63) is 24.5 Å². The average molecular weight is 248 g/mol. The Bertz CT molecular complexity index is 506. The summed E-state index contributed by atoms with van der Waals surface area (Å²) in [6.45, 7) is 1.67. The highest BCUT2D eigenvalue weighted by Crippen LogP contribution is 2.13. The van der Waals surface area contributed by atoms with E-state index in [0.29, 0.717) is 25.4 Å². The number of likely N-dealkylation sites (N-methyl/N-ethyl adjacent to an activating group) is 1. The van der Waals surface area contributed by atoms with Crippen LogP contribution >= 0.6 is 0 Å². The van der Waals surface area contributed by atoms with Crippen LogP contribution in [0.4, 0.5) is 5.82 Å². The molecule has 0 aliphatic heterocycles.